The predicted octanol–water partition coefficient (Wildman–Crippen LogP) is 2.95. The van der Waals surface area contributed by atoms with E-state index in [1.807, 2.05) is 25.1 Å². The van der Waals surface area contributed by atoms with Crippen LogP contribution in [0.25, 0.3) is 22.4 Å². The number of halogens is 1. The number of hydrogen-bond acceptors (Lipinski definition) is 3. The number of benzene rings is 1. The second kappa shape index (κ2) is 4.48. The number of rotatable bonds is 1. The Balaban J connectivity index is 2.30. The lowest BCUT2D eigenvalue weighted by Crippen LogP contribution is -2.10. The molecule has 2 aromatic heterocycles. The predicted molar refractivity (Wildman–Crippen MR) is 75.3 cm³/mol. The van der Waals surface area contributed by atoms with Gasteiger partial charge in [-0.05, 0) is 31.2 Å². The second-order valence-corrected chi connectivity index (χ2v) is 4.62. The van der Waals surface area contributed by atoms with Crippen molar-refractivity contribution in [2.45, 2.75) is 6.92 Å². The van der Waals surface area contributed by atoms with Gasteiger partial charge in [0.15, 0.2) is 5.82 Å². The Hall–Kier alpha value is -2.20. The summed E-state index contributed by atoms with van der Waals surface area (Å²) in [6.07, 6.45) is 0. The lowest BCUT2D eigenvalue weighted by Gasteiger charge is -2.04. The molecule has 0 aliphatic rings. The smallest absolute Gasteiger partial charge is 0.260 e. The minimum Gasteiger partial charge on any atom is -0.305 e. The van der Waals surface area contributed by atoms with Crippen LogP contribution in [-0.2, 0) is 0 Å². The van der Waals surface area contributed by atoms with E-state index in [1.165, 1.54) is 0 Å². The van der Waals surface area contributed by atoms with Gasteiger partial charge in [0, 0.05) is 5.69 Å². The van der Waals surface area contributed by atoms with Gasteiger partial charge in [-0.2, -0.15) is 0 Å². The average Bonchev–Trinajstić information content (AvgIpc) is 2.38. The third-order valence-electron chi connectivity index (χ3n) is 2.81. The molecule has 4 nitrogen and oxygen atoms in total. The molecule has 0 aliphatic carbocycles. The summed E-state index contributed by atoms with van der Waals surface area (Å²) in [4.78, 5) is 23.5. The molecule has 2 heterocycles. The van der Waals surface area contributed by atoms with Crippen molar-refractivity contribution in [3.05, 3.63) is 57.5 Å². The lowest BCUT2D eigenvalue weighted by atomic mass is 10.2. The molecule has 3 aromatic rings. The quantitative estimate of drug-likeness (QED) is 0.740. The first-order valence-electron chi connectivity index (χ1n) is 5.78. The topological polar surface area (TPSA) is 58.6 Å². The number of aryl methyl sites for hydroxylation is 1. The second-order valence-electron chi connectivity index (χ2n) is 4.21. The standard InChI is InChI=1S/C14H10ClN3O/c1-8-4-2-7-11(16-8)13-17-10-6-3-5-9(15)12(10)14(19)18-13/h2-7H,1H3,(H,17,18,19). The fourth-order valence-corrected chi connectivity index (χ4v) is 2.20. The summed E-state index contributed by atoms with van der Waals surface area (Å²) in [6, 6.07) is 10.8. The highest BCUT2D eigenvalue weighted by atomic mass is 35.5. The lowest BCUT2D eigenvalue weighted by molar-refractivity contribution is 1.12. The van der Waals surface area contributed by atoms with Crippen molar-refractivity contribution in [3.63, 3.8) is 0 Å². The van der Waals surface area contributed by atoms with E-state index in [9.17, 15) is 4.79 Å². The van der Waals surface area contributed by atoms with Crippen molar-refractivity contribution in [2.75, 3.05) is 0 Å². The minimum absolute atomic E-state index is 0.256. The fourth-order valence-electron chi connectivity index (χ4n) is 1.95. The molecule has 0 fully saturated rings. The third-order valence-corrected chi connectivity index (χ3v) is 3.13. The molecule has 0 aliphatic heterocycles. The molecule has 19 heavy (non-hydrogen) atoms. The van der Waals surface area contributed by atoms with Gasteiger partial charge in [0.25, 0.3) is 5.56 Å². The zero-order chi connectivity index (χ0) is 13.4. The van der Waals surface area contributed by atoms with Gasteiger partial charge in [0.2, 0.25) is 0 Å². The molecule has 0 saturated heterocycles. The van der Waals surface area contributed by atoms with Crippen molar-refractivity contribution >= 4 is 22.5 Å². The highest BCUT2D eigenvalue weighted by molar-refractivity contribution is 6.35. The van der Waals surface area contributed by atoms with E-state index in [0.29, 0.717) is 27.4 Å². The molecular weight excluding hydrogens is 262 g/mol. The Morgan fingerprint density at radius 1 is 1.11 bits per heavy atom. The Kier molecular flexibility index (Phi) is 2.80. The SMILES string of the molecule is Cc1cccc(-c2nc3cccc(Cl)c3c(=O)[nH]2)n1. The Labute approximate surface area is 114 Å². The minimum atomic E-state index is -0.256. The maximum absolute atomic E-state index is 12.1. The molecule has 0 bridgehead atoms. The molecule has 0 amide bonds. The Morgan fingerprint density at radius 2 is 1.89 bits per heavy atom. The highest BCUT2D eigenvalue weighted by Gasteiger charge is 2.09. The number of nitrogens with zero attached hydrogens (tertiary/aromatic N) is 2. The molecule has 1 aromatic carbocycles. The van der Waals surface area contributed by atoms with Crippen LogP contribution in [0.15, 0.2) is 41.2 Å². The van der Waals surface area contributed by atoms with E-state index in [1.54, 1.807) is 18.2 Å². The van der Waals surface area contributed by atoms with Crippen molar-refractivity contribution < 1.29 is 0 Å². The van der Waals surface area contributed by atoms with Crippen LogP contribution in [-0.4, -0.2) is 15.0 Å². The summed E-state index contributed by atoms with van der Waals surface area (Å²) in [7, 11) is 0. The number of H-pyrrole nitrogens is 1. The number of nitrogens with one attached hydrogen (secondary N) is 1. The van der Waals surface area contributed by atoms with Crippen LogP contribution in [0.1, 0.15) is 5.69 Å². The number of aromatic amines is 1. The number of pyridine rings is 1. The van der Waals surface area contributed by atoms with Crippen LogP contribution in [0, 0.1) is 6.92 Å². The van der Waals surface area contributed by atoms with Crippen LogP contribution in [0.3, 0.4) is 0 Å². The van der Waals surface area contributed by atoms with E-state index in [2.05, 4.69) is 15.0 Å². The van der Waals surface area contributed by atoms with Crippen LogP contribution in [0.4, 0.5) is 0 Å². The summed E-state index contributed by atoms with van der Waals surface area (Å²) in [5.74, 6) is 0.448. The van der Waals surface area contributed by atoms with Crippen molar-refractivity contribution in [1.29, 1.82) is 0 Å². The fraction of sp³-hybridized carbons (Fsp3) is 0.0714. The largest absolute Gasteiger partial charge is 0.305 e. The highest BCUT2D eigenvalue weighted by Crippen LogP contribution is 2.20. The molecule has 0 radical (unpaired) electrons. The maximum Gasteiger partial charge on any atom is 0.260 e. The van der Waals surface area contributed by atoms with Crippen LogP contribution in [0.5, 0.6) is 0 Å². The molecule has 0 unspecified atom stereocenters. The molecule has 5 heteroatoms. The van der Waals surface area contributed by atoms with Crippen LogP contribution < -0.4 is 5.56 Å². The molecule has 0 atom stereocenters. The Bertz CT molecular complexity index is 826. The van der Waals surface area contributed by atoms with Crippen molar-refractivity contribution in [3.8, 4) is 11.5 Å². The number of fused-ring (bicyclic) bond motifs is 1. The van der Waals surface area contributed by atoms with Crippen molar-refractivity contribution in [2.24, 2.45) is 0 Å². The zero-order valence-electron chi connectivity index (χ0n) is 10.1. The molecule has 0 spiro atoms. The van der Waals surface area contributed by atoms with Gasteiger partial charge in [0.1, 0.15) is 5.69 Å². The van der Waals surface area contributed by atoms with Gasteiger partial charge in [-0.3, -0.25) is 4.79 Å². The first-order chi connectivity index (χ1) is 9.15. The van der Waals surface area contributed by atoms with Gasteiger partial charge in [-0.1, -0.05) is 23.7 Å². The van der Waals surface area contributed by atoms with E-state index in [-0.39, 0.29) is 5.56 Å². The summed E-state index contributed by atoms with van der Waals surface area (Å²) >= 11 is 6.01. The zero-order valence-corrected chi connectivity index (χ0v) is 10.9. The summed E-state index contributed by atoms with van der Waals surface area (Å²) in [6.45, 7) is 1.89. The molecular formula is C14H10ClN3O. The van der Waals surface area contributed by atoms with Gasteiger partial charge in [0.05, 0.1) is 15.9 Å². The van der Waals surface area contributed by atoms with Crippen molar-refractivity contribution in [1.82, 2.24) is 15.0 Å². The average molecular weight is 272 g/mol. The Morgan fingerprint density at radius 3 is 2.68 bits per heavy atom. The summed E-state index contributed by atoms with van der Waals surface area (Å²) in [5.41, 5.74) is 1.81. The van der Waals surface area contributed by atoms with Gasteiger partial charge in [-0.25, -0.2) is 9.97 Å². The third kappa shape index (κ3) is 2.11. The van der Waals surface area contributed by atoms with Gasteiger partial charge >= 0.3 is 0 Å². The van der Waals surface area contributed by atoms with E-state index < -0.39 is 0 Å². The van der Waals surface area contributed by atoms with E-state index >= 15 is 0 Å². The van der Waals surface area contributed by atoms with Gasteiger partial charge in [-0.15, -0.1) is 0 Å². The molecule has 1 N–H and O–H groups in total. The number of hydrogen-bond donors (Lipinski definition) is 1. The first-order valence-corrected chi connectivity index (χ1v) is 6.15. The maximum atomic E-state index is 12.1. The van der Waals surface area contributed by atoms with E-state index in [4.69, 9.17) is 11.6 Å². The van der Waals surface area contributed by atoms with E-state index in [0.717, 1.165) is 5.69 Å². The first kappa shape index (κ1) is 11.9. The normalized spacial score (nSPS) is 10.8. The molecule has 94 valence electrons. The number of aromatic nitrogens is 3. The molecule has 3 rings (SSSR count). The van der Waals surface area contributed by atoms with Crippen LogP contribution >= 0.6 is 11.6 Å². The molecule has 0 saturated carbocycles. The monoisotopic (exact) mass is 271 g/mol. The van der Waals surface area contributed by atoms with Crippen LogP contribution in [0.2, 0.25) is 5.02 Å². The summed E-state index contributed by atoms with van der Waals surface area (Å²) in [5, 5.41) is 0.801. The summed E-state index contributed by atoms with van der Waals surface area (Å²) < 4.78 is 0. The van der Waals surface area contributed by atoms with Gasteiger partial charge < -0.3 is 4.98 Å².